The van der Waals surface area contributed by atoms with Gasteiger partial charge in [0.15, 0.2) is 0 Å². The molecule has 1 heterocycles. The molecule has 1 aromatic heterocycles. The van der Waals surface area contributed by atoms with Crippen LogP contribution in [0.2, 0.25) is 0 Å². The molecule has 4 nitrogen and oxygen atoms in total. The summed E-state index contributed by atoms with van der Waals surface area (Å²) in [5, 5.41) is 8.46. The third kappa shape index (κ3) is 3.35. The molecule has 0 atom stereocenters. The highest BCUT2D eigenvalue weighted by Crippen LogP contribution is 2.21. The van der Waals surface area contributed by atoms with Crippen LogP contribution in [-0.2, 0) is 7.05 Å². The van der Waals surface area contributed by atoms with E-state index in [4.69, 9.17) is 0 Å². The lowest BCUT2D eigenvalue weighted by molar-refractivity contribution is -0.0499. The Hall–Kier alpha value is -2.54. The predicted molar refractivity (Wildman–Crippen MR) is 91.6 cm³/mol. The highest BCUT2D eigenvalue weighted by Gasteiger charge is 2.11. The zero-order valence-corrected chi connectivity index (χ0v) is 13.9. The summed E-state index contributed by atoms with van der Waals surface area (Å²) in [6.07, 6.45) is 0. The Bertz CT molecular complexity index is 960. The van der Waals surface area contributed by atoms with Gasteiger partial charge in [0, 0.05) is 12.6 Å². The average Bonchev–Trinajstić information content (AvgIpc) is 2.89. The number of halogens is 2. The maximum atomic E-state index is 12.5. The molecule has 0 aliphatic heterocycles. The lowest BCUT2D eigenvalue weighted by Gasteiger charge is -2.09. The molecule has 0 N–H and O–H groups in total. The van der Waals surface area contributed by atoms with Crippen molar-refractivity contribution in [3.8, 4) is 5.75 Å². The van der Waals surface area contributed by atoms with E-state index in [-0.39, 0.29) is 5.75 Å². The number of ether oxygens (including phenoxy) is 1. The number of aromatic nitrogens is 1. The Morgan fingerprint density at radius 1 is 1.12 bits per heavy atom. The van der Waals surface area contributed by atoms with Crippen LogP contribution in [0.25, 0.3) is 10.2 Å². The fourth-order valence-electron chi connectivity index (χ4n) is 2.31. The minimum Gasteiger partial charge on any atom is -0.434 e. The van der Waals surface area contributed by atoms with Gasteiger partial charge in [-0.2, -0.15) is 13.9 Å². The third-order valence-electron chi connectivity index (χ3n) is 3.49. The monoisotopic (exact) mass is 347 g/mol. The van der Waals surface area contributed by atoms with Gasteiger partial charge in [-0.15, -0.1) is 5.10 Å². The number of rotatable bonds is 4. The van der Waals surface area contributed by atoms with Gasteiger partial charge >= 0.3 is 6.61 Å². The first-order chi connectivity index (χ1) is 11.6. The predicted octanol–water partition coefficient (Wildman–Crippen LogP) is 4.17. The van der Waals surface area contributed by atoms with E-state index >= 15 is 0 Å². The molecule has 0 saturated heterocycles. The topological polar surface area (TPSA) is 38.9 Å². The molecule has 0 saturated carbocycles. The average molecular weight is 347 g/mol. The standard InChI is InChI=1S/C17H15F2N3OS/c1-11(12-7-3-5-9-14(12)23-16(18)19)20-21-17-22(2)13-8-4-6-10-15(13)24-17/h3-10,16H,1-2H3/b20-11+,21-17+. The normalized spacial score (nSPS) is 13.0. The van der Waals surface area contributed by atoms with Gasteiger partial charge in [-0.3, -0.25) is 0 Å². The van der Waals surface area contributed by atoms with E-state index in [9.17, 15) is 8.78 Å². The maximum Gasteiger partial charge on any atom is 0.387 e. The first-order valence-corrected chi connectivity index (χ1v) is 8.05. The highest BCUT2D eigenvalue weighted by atomic mass is 32.1. The molecule has 0 bridgehead atoms. The lowest BCUT2D eigenvalue weighted by atomic mass is 10.1. The van der Waals surface area contributed by atoms with Crippen molar-refractivity contribution in [3.63, 3.8) is 0 Å². The van der Waals surface area contributed by atoms with Gasteiger partial charge in [-0.1, -0.05) is 35.6 Å². The van der Waals surface area contributed by atoms with Crippen molar-refractivity contribution in [2.24, 2.45) is 17.3 Å². The third-order valence-corrected chi connectivity index (χ3v) is 4.60. The zero-order valence-electron chi connectivity index (χ0n) is 13.1. The van der Waals surface area contributed by atoms with Crippen LogP contribution in [0.5, 0.6) is 5.75 Å². The molecule has 124 valence electrons. The second kappa shape index (κ2) is 6.92. The van der Waals surface area contributed by atoms with Crippen molar-refractivity contribution in [3.05, 3.63) is 58.9 Å². The number of fused-ring (bicyclic) bond motifs is 1. The first kappa shape index (κ1) is 16.3. The molecule has 2 aromatic carbocycles. The Morgan fingerprint density at radius 2 is 1.83 bits per heavy atom. The first-order valence-electron chi connectivity index (χ1n) is 7.23. The fourth-order valence-corrected chi connectivity index (χ4v) is 3.28. The number of hydrogen-bond acceptors (Lipinski definition) is 4. The summed E-state index contributed by atoms with van der Waals surface area (Å²) in [7, 11) is 1.91. The maximum absolute atomic E-state index is 12.5. The van der Waals surface area contributed by atoms with Gasteiger partial charge in [-0.25, -0.2) is 0 Å². The molecule has 0 radical (unpaired) electrons. The number of thiazole rings is 1. The molecule has 7 heteroatoms. The van der Waals surface area contributed by atoms with Crippen molar-refractivity contribution >= 4 is 27.3 Å². The molecular weight excluding hydrogens is 332 g/mol. The van der Waals surface area contributed by atoms with E-state index in [0.717, 1.165) is 15.0 Å². The number of para-hydroxylation sites is 2. The lowest BCUT2D eigenvalue weighted by Crippen LogP contribution is -2.10. The van der Waals surface area contributed by atoms with Crippen LogP contribution >= 0.6 is 11.3 Å². The summed E-state index contributed by atoms with van der Waals surface area (Å²) in [6, 6.07) is 14.5. The fraction of sp³-hybridized carbons (Fsp3) is 0.176. The molecular formula is C17H15F2N3OS. The smallest absolute Gasteiger partial charge is 0.387 e. The summed E-state index contributed by atoms with van der Waals surface area (Å²) in [6.45, 7) is -1.17. The van der Waals surface area contributed by atoms with Crippen molar-refractivity contribution in [2.45, 2.75) is 13.5 Å². The van der Waals surface area contributed by atoms with Gasteiger partial charge in [0.05, 0.1) is 15.9 Å². The van der Waals surface area contributed by atoms with Crippen LogP contribution < -0.4 is 9.54 Å². The van der Waals surface area contributed by atoms with Gasteiger partial charge < -0.3 is 9.30 Å². The molecule has 0 aliphatic carbocycles. The summed E-state index contributed by atoms with van der Waals surface area (Å²) in [5.41, 5.74) is 2.06. The highest BCUT2D eigenvalue weighted by molar-refractivity contribution is 7.16. The summed E-state index contributed by atoms with van der Waals surface area (Å²) in [5.74, 6) is 0.0877. The van der Waals surface area contributed by atoms with Crippen LogP contribution in [0.15, 0.2) is 58.7 Å². The second-order valence-electron chi connectivity index (χ2n) is 5.07. The van der Waals surface area contributed by atoms with E-state index in [1.165, 1.54) is 17.4 Å². The second-order valence-corrected chi connectivity index (χ2v) is 6.08. The molecule has 3 rings (SSSR count). The Balaban J connectivity index is 2.01. The van der Waals surface area contributed by atoms with Crippen LogP contribution in [0.1, 0.15) is 12.5 Å². The van der Waals surface area contributed by atoms with Crippen LogP contribution in [-0.4, -0.2) is 16.9 Å². The number of benzene rings is 2. The number of nitrogens with zero attached hydrogens (tertiary/aromatic N) is 3. The molecule has 24 heavy (non-hydrogen) atoms. The molecule has 0 amide bonds. The molecule has 0 aliphatic rings. The van der Waals surface area contributed by atoms with E-state index in [1.807, 2.05) is 35.9 Å². The number of aryl methyl sites for hydroxylation is 1. The summed E-state index contributed by atoms with van der Waals surface area (Å²) in [4.78, 5) is 0.725. The summed E-state index contributed by atoms with van der Waals surface area (Å²) < 4.78 is 32.6. The molecule has 0 fully saturated rings. The van der Waals surface area contributed by atoms with Crippen LogP contribution in [0.3, 0.4) is 0 Å². The van der Waals surface area contributed by atoms with E-state index in [1.54, 1.807) is 25.1 Å². The SMILES string of the molecule is C/C(=N\N=c1\sc2ccccc2n1C)c1ccccc1OC(F)F. The van der Waals surface area contributed by atoms with E-state index in [2.05, 4.69) is 14.9 Å². The Labute approximate surface area is 141 Å². The van der Waals surface area contributed by atoms with Gasteiger partial charge in [0.25, 0.3) is 0 Å². The van der Waals surface area contributed by atoms with E-state index < -0.39 is 6.61 Å². The van der Waals surface area contributed by atoms with Crippen LogP contribution in [0, 0.1) is 0 Å². The summed E-state index contributed by atoms with van der Waals surface area (Å²) >= 11 is 1.51. The largest absolute Gasteiger partial charge is 0.434 e. The van der Waals surface area contributed by atoms with Gasteiger partial charge in [0.1, 0.15) is 5.75 Å². The van der Waals surface area contributed by atoms with Gasteiger partial charge in [0.2, 0.25) is 4.80 Å². The number of hydrogen-bond donors (Lipinski definition) is 0. The van der Waals surface area contributed by atoms with Crippen LogP contribution in [0.4, 0.5) is 8.78 Å². The van der Waals surface area contributed by atoms with Crippen molar-refractivity contribution in [1.29, 1.82) is 0 Å². The van der Waals surface area contributed by atoms with Crippen molar-refractivity contribution in [1.82, 2.24) is 4.57 Å². The molecule has 0 spiro atoms. The van der Waals surface area contributed by atoms with Gasteiger partial charge in [-0.05, 0) is 31.2 Å². The zero-order chi connectivity index (χ0) is 17.1. The Kier molecular flexibility index (Phi) is 4.71. The molecule has 0 unspecified atom stereocenters. The van der Waals surface area contributed by atoms with Crippen molar-refractivity contribution in [2.75, 3.05) is 0 Å². The quantitative estimate of drug-likeness (QED) is 0.516. The minimum atomic E-state index is -2.88. The molecule has 3 aromatic rings. The van der Waals surface area contributed by atoms with E-state index in [0.29, 0.717) is 11.3 Å². The minimum absolute atomic E-state index is 0.0877. The number of alkyl halides is 2. The Morgan fingerprint density at radius 3 is 2.58 bits per heavy atom. The van der Waals surface area contributed by atoms with Crippen molar-refractivity contribution < 1.29 is 13.5 Å².